The SMILES string of the molecule is COC(=O)C(C)(C)c1ccnc(-c2ccc(CN(Cc3ccc(C(F)(F)F)o3)Cc3c(C)ccc4ccccc34)cc2)c1. The number of carbonyl (C=O) groups excluding carboxylic acids is 1. The van der Waals surface area contributed by atoms with Crippen molar-refractivity contribution in [3.8, 4) is 11.3 Å². The van der Waals surface area contributed by atoms with Crippen LogP contribution < -0.4 is 0 Å². The molecule has 0 fully saturated rings. The molecule has 0 aliphatic carbocycles. The van der Waals surface area contributed by atoms with E-state index in [9.17, 15) is 18.0 Å². The number of carbonyl (C=O) groups is 1. The van der Waals surface area contributed by atoms with Gasteiger partial charge in [-0.2, -0.15) is 13.2 Å². The number of aryl methyl sites for hydroxylation is 1. The highest BCUT2D eigenvalue weighted by Gasteiger charge is 2.35. The predicted octanol–water partition coefficient (Wildman–Crippen LogP) is 8.48. The molecule has 2 aromatic heterocycles. The van der Waals surface area contributed by atoms with E-state index >= 15 is 0 Å². The summed E-state index contributed by atoms with van der Waals surface area (Å²) in [6, 6.07) is 26.2. The first-order valence-electron chi connectivity index (χ1n) is 14.0. The first-order valence-corrected chi connectivity index (χ1v) is 14.0. The van der Waals surface area contributed by atoms with Gasteiger partial charge < -0.3 is 9.15 Å². The maximum atomic E-state index is 13.2. The minimum atomic E-state index is -4.54. The van der Waals surface area contributed by atoms with E-state index in [1.165, 1.54) is 13.2 Å². The van der Waals surface area contributed by atoms with E-state index < -0.39 is 17.4 Å². The molecule has 0 saturated heterocycles. The fraction of sp³-hybridized carbons (Fsp3) is 0.257. The van der Waals surface area contributed by atoms with Crippen molar-refractivity contribution in [2.45, 2.75) is 52.0 Å². The lowest BCUT2D eigenvalue weighted by Crippen LogP contribution is -2.30. The Morgan fingerprint density at radius 1 is 0.907 bits per heavy atom. The fourth-order valence-electron chi connectivity index (χ4n) is 5.27. The summed E-state index contributed by atoms with van der Waals surface area (Å²) in [4.78, 5) is 18.9. The summed E-state index contributed by atoms with van der Waals surface area (Å²) < 4.78 is 49.9. The van der Waals surface area contributed by atoms with Gasteiger partial charge in [0.05, 0.1) is 24.8 Å². The monoisotopic (exact) mass is 586 g/mol. The van der Waals surface area contributed by atoms with E-state index in [1.807, 2.05) is 63.2 Å². The van der Waals surface area contributed by atoms with Crippen molar-refractivity contribution >= 4 is 16.7 Å². The largest absolute Gasteiger partial charge is 0.468 e. The van der Waals surface area contributed by atoms with Crippen molar-refractivity contribution in [2.75, 3.05) is 7.11 Å². The average Bonchev–Trinajstić information content (AvgIpc) is 3.48. The highest BCUT2D eigenvalue weighted by Crippen LogP contribution is 2.32. The van der Waals surface area contributed by atoms with E-state index in [0.717, 1.165) is 50.4 Å². The van der Waals surface area contributed by atoms with Gasteiger partial charge in [-0.25, -0.2) is 0 Å². The Bertz CT molecular complexity index is 1740. The van der Waals surface area contributed by atoms with Gasteiger partial charge >= 0.3 is 12.1 Å². The Morgan fingerprint density at radius 3 is 2.35 bits per heavy atom. The van der Waals surface area contributed by atoms with Crippen LogP contribution >= 0.6 is 0 Å². The number of methoxy groups -OCH3 is 1. The van der Waals surface area contributed by atoms with Gasteiger partial charge in [-0.1, -0.05) is 60.7 Å². The Hall–Kier alpha value is -4.43. The molecule has 0 unspecified atom stereocenters. The second-order valence-electron chi connectivity index (χ2n) is 11.2. The number of fused-ring (bicyclic) bond motifs is 1. The average molecular weight is 587 g/mol. The first-order chi connectivity index (χ1) is 20.5. The quantitative estimate of drug-likeness (QED) is 0.162. The molecule has 0 spiro atoms. The fourth-order valence-corrected chi connectivity index (χ4v) is 5.27. The Labute approximate surface area is 248 Å². The topological polar surface area (TPSA) is 55.6 Å². The summed E-state index contributed by atoms with van der Waals surface area (Å²) in [7, 11) is 1.37. The van der Waals surface area contributed by atoms with Crippen LogP contribution in [0.2, 0.25) is 0 Å². The van der Waals surface area contributed by atoms with Crippen LogP contribution in [0.1, 0.15) is 47.6 Å². The first kappa shape index (κ1) is 30.0. The molecule has 43 heavy (non-hydrogen) atoms. The van der Waals surface area contributed by atoms with Crippen molar-refractivity contribution in [1.82, 2.24) is 9.88 Å². The van der Waals surface area contributed by atoms with Gasteiger partial charge in [0.1, 0.15) is 5.76 Å². The van der Waals surface area contributed by atoms with Gasteiger partial charge in [-0.05, 0) is 78.1 Å². The van der Waals surface area contributed by atoms with Crippen molar-refractivity contribution in [3.63, 3.8) is 0 Å². The molecule has 0 atom stereocenters. The van der Waals surface area contributed by atoms with Crippen molar-refractivity contribution in [3.05, 3.63) is 125 Å². The molecule has 0 amide bonds. The second kappa shape index (κ2) is 12.1. The number of rotatable bonds is 9. The molecule has 0 saturated carbocycles. The summed E-state index contributed by atoms with van der Waals surface area (Å²) >= 11 is 0. The molecule has 0 aliphatic heterocycles. The van der Waals surface area contributed by atoms with Gasteiger partial charge in [0.25, 0.3) is 0 Å². The van der Waals surface area contributed by atoms with E-state index in [-0.39, 0.29) is 18.3 Å². The smallest absolute Gasteiger partial charge is 0.449 e. The molecule has 8 heteroatoms. The summed E-state index contributed by atoms with van der Waals surface area (Å²) in [5, 5.41) is 2.22. The van der Waals surface area contributed by atoms with Gasteiger partial charge in [0.15, 0.2) is 0 Å². The van der Waals surface area contributed by atoms with Crippen LogP contribution in [-0.4, -0.2) is 23.0 Å². The van der Waals surface area contributed by atoms with Crippen LogP contribution in [0.4, 0.5) is 13.2 Å². The molecule has 0 aliphatic rings. The molecule has 5 nitrogen and oxygen atoms in total. The number of hydrogen-bond donors (Lipinski definition) is 0. The zero-order chi connectivity index (χ0) is 30.8. The highest BCUT2D eigenvalue weighted by molar-refractivity contribution is 5.86. The number of halogens is 3. The lowest BCUT2D eigenvalue weighted by atomic mass is 9.84. The molecular weight excluding hydrogens is 553 g/mol. The summed E-state index contributed by atoms with van der Waals surface area (Å²) in [5.41, 5.74) is 4.77. The number of pyridine rings is 1. The second-order valence-corrected chi connectivity index (χ2v) is 11.2. The number of nitrogens with zero attached hydrogens (tertiary/aromatic N) is 2. The third kappa shape index (κ3) is 6.65. The Balaban J connectivity index is 1.43. The highest BCUT2D eigenvalue weighted by atomic mass is 19.4. The number of ether oxygens (including phenoxy) is 1. The molecule has 0 N–H and O–H groups in total. The summed E-state index contributed by atoms with van der Waals surface area (Å²) in [6.07, 6.45) is -2.86. The summed E-state index contributed by atoms with van der Waals surface area (Å²) in [5.74, 6) is -1.09. The zero-order valence-corrected chi connectivity index (χ0v) is 24.5. The van der Waals surface area contributed by atoms with Crippen molar-refractivity contribution in [1.29, 1.82) is 0 Å². The van der Waals surface area contributed by atoms with Gasteiger partial charge in [0.2, 0.25) is 5.76 Å². The van der Waals surface area contributed by atoms with Crippen LogP contribution in [0.3, 0.4) is 0 Å². The molecule has 0 radical (unpaired) electrons. The van der Waals surface area contributed by atoms with Gasteiger partial charge in [0, 0.05) is 24.8 Å². The van der Waals surface area contributed by atoms with Crippen LogP contribution in [0, 0.1) is 6.92 Å². The number of hydrogen-bond acceptors (Lipinski definition) is 5. The third-order valence-electron chi connectivity index (χ3n) is 7.81. The number of furan rings is 1. The number of esters is 1. The van der Waals surface area contributed by atoms with Gasteiger partial charge in [-0.15, -0.1) is 0 Å². The van der Waals surface area contributed by atoms with Crippen LogP contribution in [0.5, 0.6) is 0 Å². The Morgan fingerprint density at radius 2 is 1.65 bits per heavy atom. The maximum Gasteiger partial charge on any atom is 0.449 e. The minimum Gasteiger partial charge on any atom is -0.468 e. The number of aromatic nitrogens is 1. The van der Waals surface area contributed by atoms with Crippen molar-refractivity contribution < 1.29 is 27.1 Å². The standard InChI is InChI=1S/C35H33F3N2O3/c1-23-9-12-25-7-5-6-8-29(25)30(23)22-40(21-28-15-16-32(43-28)35(36,37)38)20-24-10-13-26(14-11-24)31-19-27(17-18-39-31)34(2,3)33(41)42-4/h5-19H,20-22H2,1-4H3. The lowest BCUT2D eigenvalue weighted by Gasteiger charge is -2.24. The Kier molecular flexibility index (Phi) is 8.42. The molecule has 3 aromatic carbocycles. The summed E-state index contributed by atoms with van der Waals surface area (Å²) in [6.45, 7) is 6.86. The molecule has 0 bridgehead atoms. The normalized spacial score (nSPS) is 12.2. The number of benzene rings is 3. The van der Waals surface area contributed by atoms with Crippen molar-refractivity contribution in [2.24, 2.45) is 0 Å². The van der Waals surface area contributed by atoms with E-state index in [1.54, 1.807) is 12.3 Å². The molecule has 222 valence electrons. The van der Waals surface area contributed by atoms with E-state index in [0.29, 0.717) is 13.1 Å². The lowest BCUT2D eigenvalue weighted by molar-refractivity contribution is -0.153. The van der Waals surface area contributed by atoms with Crippen LogP contribution in [0.25, 0.3) is 22.0 Å². The van der Waals surface area contributed by atoms with E-state index in [4.69, 9.17) is 9.15 Å². The van der Waals surface area contributed by atoms with Gasteiger partial charge in [-0.3, -0.25) is 14.7 Å². The van der Waals surface area contributed by atoms with Crippen LogP contribution in [0.15, 0.2) is 95.5 Å². The number of alkyl halides is 3. The molecular formula is C35H33F3N2O3. The predicted molar refractivity (Wildman–Crippen MR) is 160 cm³/mol. The van der Waals surface area contributed by atoms with E-state index in [2.05, 4.69) is 34.1 Å². The third-order valence-corrected chi connectivity index (χ3v) is 7.81. The zero-order valence-electron chi connectivity index (χ0n) is 24.5. The molecule has 5 aromatic rings. The molecule has 5 rings (SSSR count). The minimum absolute atomic E-state index is 0.201. The molecule has 2 heterocycles. The maximum absolute atomic E-state index is 13.2. The van der Waals surface area contributed by atoms with Crippen LogP contribution in [-0.2, 0) is 40.8 Å².